The standard InChI is InChI=1S/C23H28N2O6/c1-13(2)31-20(28)12-17(16-9-7-6-8-10-16)24-19(27)11-18-21(23(29)30-5)14(3)22(25-18)15(4)26/h6-10,13,17,25H,11-12H2,1-5H3,(H,24,27). The molecule has 166 valence electrons. The van der Waals surface area contributed by atoms with E-state index >= 15 is 0 Å². The Hall–Kier alpha value is -3.42. The highest BCUT2D eigenvalue weighted by atomic mass is 16.5. The predicted octanol–water partition coefficient (Wildman–Crippen LogP) is 3.05. The molecule has 1 aromatic carbocycles. The Morgan fingerprint density at radius 1 is 1.10 bits per heavy atom. The second-order valence-electron chi connectivity index (χ2n) is 7.48. The van der Waals surface area contributed by atoms with E-state index in [9.17, 15) is 19.2 Å². The number of amides is 1. The van der Waals surface area contributed by atoms with Crippen molar-refractivity contribution in [3.05, 3.63) is 58.4 Å². The molecule has 2 rings (SSSR count). The molecule has 1 unspecified atom stereocenters. The van der Waals surface area contributed by atoms with Gasteiger partial charge in [0.15, 0.2) is 5.78 Å². The Kier molecular flexibility index (Phi) is 8.13. The summed E-state index contributed by atoms with van der Waals surface area (Å²) < 4.78 is 10.0. The average molecular weight is 428 g/mol. The first-order chi connectivity index (χ1) is 14.6. The number of hydrogen-bond donors (Lipinski definition) is 2. The summed E-state index contributed by atoms with van der Waals surface area (Å²) in [5.74, 6) is -1.75. The fraction of sp³-hybridized carbons (Fsp3) is 0.391. The lowest BCUT2D eigenvalue weighted by atomic mass is 10.0. The van der Waals surface area contributed by atoms with Crippen molar-refractivity contribution >= 4 is 23.6 Å². The van der Waals surface area contributed by atoms with Gasteiger partial charge in [-0.1, -0.05) is 30.3 Å². The van der Waals surface area contributed by atoms with Gasteiger partial charge in [-0.25, -0.2) is 4.79 Å². The SMILES string of the molecule is COC(=O)c1c(CC(=O)NC(CC(=O)OC(C)C)c2ccccc2)[nH]c(C(C)=O)c1C. The van der Waals surface area contributed by atoms with E-state index in [-0.39, 0.29) is 41.7 Å². The Morgan fingerprint density at radius 2 is 1.74 bits per heavy atom. The number of benzene rings is 1. The van der Waals surface area contributed by atoms with Crippen LogP contribution < -0.4 is 5.32 Å². The molecule has 2 aromatic rings. The number of Topliss-reactive ketones (excluding diaryl/α,β-unsaturated/α-hetero) is 1. The highest BCUT2D eigenvalue weighted by Gasteiger charge is 2.26. The third kappa shape index (κ3) is 6.28. The number of carbonyl (C=O) groups is 4. The van der Waals surface area contributed by atoms with E-state index in [0.29, 0.717) is 5.56 Å². The minimum atomic E-state index is -0.635. The molecule has 0 fully saturated rings. The maximum absolute atomic E-state index is 12.8. The maximum Gasteiger partial charge on any atom is 0.339 e. The van der Waals surface area contributed by atoms with Crippen molar-refractivity contribution in [2.75, 3.05) is 7.11 Å². The fourth-order valence-corrected chi connectivity index (χ4v) is 3.34. The third-order valence-corrected chi connectivity index (χ3v) is 4.68. The first-order valence-corrected chi connectivity index (χ1v) is 9.98. The van der Waals surface area contributed by atoms with Gasteiger partial charge in [0.25, 0.3) is 0 Å². The van der Waals surface area contributed by atoms with Crippen molar-refractivity contribution < 1.29 is 28.7 Å². The van der Waals surface area contributed by atoms with Gasteiger partial charge in [0.1, 0.15) is 0 Å². The van der Waals surface area contributed by atoms with Gasteiger partial charge in [-0.05, 0) is 31.9 Å². The van der Waals surface area contributed by atoms with Crippen molar-refractivity contribution in [1.82, 2.24) is 10.3 Å². The molecule has 2 N–H and O–H groups in total. The molecule has 0 bridgehead atoms. The highest BCUT2D eigenvalue weighted by Crippen LogP contribution is 2.22. The minimum Gasteiger partial charge on any atom is -0.465 e. The molecule has 0 aliphatic carbocycles. The topological polar surface area (TPSA) is 115 Å². The van der Waals surface area contributed by atoms with Gasteiger partial charge in [0.05, 0.1) is 43.4 Å². The zero-order valence-electron chi connectivity index (χ0n) is 18.4. The van der Waals surface area contributed by atoms with Gasteiger partial charge in [0, 0.05) is 12.6 Å². The summed E-state index contributed by atoms with van der Waals surface area (Å²) in [5.41, 5.74) is 1.88. The number of ketones is 1. The molecule has 0 saturated heterocycles. The lowest BCUT2D eigenvalue weighted by Crippen LogP contribution is -2.32. The van der Waals surface area contributed by atoms with Crippen LogP contribution in [-0.2, 0) is 25.5 Å². The van der Waals surface area contributed by atoms with Crippen LogP contribution in [0, 0.1) is 6.92 Å². The van der Waals surface area contributed by atoms with Crippen LogP contribution in [0.1, 0.15) is 70.9 Å². The van der Waals surface area contributed by atoms with E-state index < -0.39 is 23.9 Å². The van der Waals surface area contributed by atoms with Crippen LogP contribution in [0.4, 0.5) is 0 Å². The van der Waals surface area contributed by atoms with Gasteiger partial charge < -0.3 is 19.8 Å². The summed E-state index contributed by atoms with van der Waals surface area (Å²) in [7, 11) is 1.23. The number of H-pyrrole nitrogens is 1. The normalized spacial score (nSPS) is 11.7. The van der Waals surface area contributed by atoms with Crippen LogP contribution in [0.5, 0.6) is 0 Å². The van der Waals surface area contributed by atoms with Gasteiger partial charge >= 0.3 is 11.9 Å². The van der Waals surface area contributed by atoms with E-state index in [1.807, 2.05) is 18.2 Å². The second-order valence-corrected chi connectivity index (χ2v) is 7.48. The summed E-state index contributed by atoms with van der Waals surface area (Å²) in [6.45, 7) is 6.50. The van der Waals surface area contributed by atoms with Gasteiger partial charge in [-0.2, -0.15) is 0 Å². The van der Waals surface area contributed by atoms with Gasteiger partial charge in [-0.15, -0.1) is 0 Å². The van der Waals surface area contributed by atoms with Crippen molar-refractivity contribution in [1.29, 1.82) is 0 Å². The second kappa shape index (κ2) is 10.6. The Labute approximate surface area is 181 Å². The molecule has 0 aliphatic heterocycles. The number of esters is 2. The van der Waals surface area contributed by atoms with Gasteiger partial charge in [0.2, 0.25) is 5.91 Å². The van der Waals surface area contributed by atoms with Crippen LogP contribution in [0.2, 0.25) is 0 Å². The van der Waals surface area contributed by atoms with Crippen molar-refractivity contribution in [2.45, 2.75) is 52.7 Å². The Balaban J connectivity index is 2.26. The zero-order chi connectivity index (χ0) is 23.1. The smallest absolute Gasteiger partial charge is 0.339 e. The average Bonchev–Trinajstić information content (AvgIpc) is 3.03. The largest absolute Gasteiger partial charge is 0.465 e. The van der Waals surface area contributed by atoms with E-state index in [0.717, 1.165) is 5.56 Å². The minimum absolute atomic E-state index is 0.0414. The number of aromatic nitrogens is 1. The summed E-state index contributed by atoms with van der Waals surface area (Å²) in [6, 6.07) is 8.46. The number of nitrogens with one attached hydrogen (secondary N) is 2. The molecule has 1 atom stereocenters. The molecule has 8 heteroatoms. The number of hydrogen-bond acceptors (Lipinski definition) is 6. The maximum atomic E-state index is 12.8. The van der Waals surface area contributed by atoms with Crippen LogP contribution in [-0.4, -0.2) is 41.8 Å². The first-order valence-electron chi connectivity index (χ1n) is 9.98. The molecular weight excluding hydrogens is 400 g/mol. The molecular formula is C23H28N2O6. The van der Waals surface area contributed by atoms with Crippen LogP contribution in [0.3, 0.4) is 0 Å². The summed E-state index contributed by atoms with van der Waals surface area (Å²) in [6.07, 6.45) is -0.504. The number of aromatic amines is 1. The lowest BCUT2D eigenvalue weighted by Gasteiger charge is -2.19. The molecule has 8 nitrogen and oxygen atoms in total. The van der Waals surface area contributed by atoms with Crippen LogP contribution in [0.15, 0.2) is 30.3 Å². The highest BCUT2D eigenvalue weighted by molar-refractivity contribution is 6.01. The number of ether oxygens (including phenoxy) is 2. The van der Waals surface area contributed by atoms with E-state index in [1.165, 1.54) is 14.0 Å². The number of rotatable bonds is 9. The fourth-order valence-electron chi connectivity index (χ4n) is 3.34. The molecule has 0 radical (unpaired) electrons. The van der Waals surface area contributed by atoms with Crippen LogP contribution in [0.25, 0.3) is 0 Å². The molecule has 0 spiro atoms. The molecule has 1 amide bonds. The first kappa shape index (κ1) is 23.9. The number of carbonyl (C=O) groups excluding carboxylic acids is 4. The van der Waals surface area contributed by atoms with Crippen molar-refractivity contribution in [3.8, 4) is 0 Å². The van der Waals surface area contributed by atoms with Crippen molar-refractivity contribution in [3.63, 3.8) is 0 Å². The van der Waals surface area contributed by atoms with Crippen LogP contribution >= 0.6 is 0 Å². The summed E-state index contributed by atoms with van der Waals surface area (Å²) >= 11 is 0. The van der Waals surface area contributed by atoms with E-state index in [1.54, 1.807) is 32.9 Å². The summed E-state index contributed by atoms with van der Waals surface area (Å²) in [4.78, 5) is 52.0. The number of methoxy groups -OCH3 is 1. The zero-order valence-corrected chi connectivity index (χ0v) is 18.4. The summed E-state index contributed by atoms with van der Waals surface area (Å²) in [5, 5.41) is 2.83. The molecule has 1 aromatic heterocycles. The van der Waals surface area contributed by atoms with E-state index in [2.05, 4.69) is 10.3 Å². The predicted molar refractivity (Wildman–Crippen MR) is 114 cm³/mol. The molecule has 0 saturated carbocycles. The molecule has 1 heterocycles. The molecule has 31 heavy (non-hydrogen) atoms. The third-order valence-electron chi connectivity index (χ3n) is 4.68. The molecule has 0 aliphatic rings. The van der Waals surface area contributed by atoms with Crippen molar-refractivity contribution in [2.24, 2.45) is 0 Å². The Morgan fingerprint density at radius 3 is 2.29 bits per heavy atom. The Bertz CT molecular complexity index is 962. The quantitative estimate of drug-likeness (QED) is 0.469. The van der Waals surface area contributed by atoms with Gasteiger partial charge in [-0.3, -0.25) is 14.4 Å². The monoisotopic (exact) mass is 428 g/mol. The van der Waals surface area contributed by atoms with E-state index in [4.69, 9.17) is 9.47 Å². The lowest BCUT2D eigenvalue weighted by molar-refractivity contribution is -0.148.